The number of hydrogen-bond donors (Lipinski definition) is 1. The lowest BCUT2D eigenvalue weighted by Crippen LogP contribution is -2.53. The zero-order valence-corrected chi connectivity index (χ0v) is 29.7. The third kappa shape index (κ3) is 4.50. The molecule has 0 aromatic heterocycles. The summed E-state index contributed by atoms with van der Waals surface area (Å²) in [6, 6.07) is 28.2. The molecule has 2 aliphatic carbocycles. The van der Waals surface area contributed by atoms with Gasteiger partial charge in [0.15, 0.2) is 0 Å². The molecular formula is C38H27BrClIN2O5. The van der Waals surface area contributed by atoms with Crippen LogP contribution in [0.5, 0.6) is 5.75 Å². The van der Waals surface area contributed by atoms with Gasteiger partial charge in [0.1, 0.15) is 5.75 Å². The molecule has 240 valence electrons. The summed E-state index contributed by atoms with van der Waals surface area (Å²) >= 11 is 12.1. The fraction of sp³-hybridized carbons (Fsp3) is 0.211. The first kappa shape index (κ1) is 31.5. The van der Waals surface area contributed by atoms with Crippen molar-refractivity contribution in [2.24, 2.45) is 23.7 Å². The molecule has 1 saturated carbocycles. The Morgan fingerprint density at radius 1 is 0.792 bits per heavy atom. The zero-order valence-electron chi connectivity index (χ0n) is 25.2. The molecule has 4 aliphatic rings. The molecule has 3 fully saturated rings. The Bertz CT molecular complexity index is 2070. The van der Waals surface area contributed by atoms with Crippen molar-refractivity contribution >= 4 is 85.1 Å². The number of carbonyl (C=O) groups excluding carboxylic acids is 4. The number of imide groups is 2. The molecule has 1 N–H and O–H groups in total. The molecule has 0 bridgehead atoms. The summed E-state index contributed by atoms with van der Waals surface area (Å²) in [5.41, 5.74) is 1.29. The molecule has 4 aromatic carbocycles. The molecule has 4 amide bonds. The van der Waals surface area contributed by atoms with Gasteiger partial charge >= 0.3 is 0 Å². The monoisotopic (exact) mass is 832 g/mol. The Kier molecular flexibility index (Phi) is 7.65. The van der Waals surface area contributed by atoms with Gasteiger partial charge in [-0.15, -0.1) is 0 Å². The number of anilines is 2. The van der Waals surface area contributed by atoms with Crippen molar-refractivity contribution in [3.8, 4) is 5.75 Å². The third-order valence-corrected chi connectivity index (χ3v) is 12.0. The molecule has 4 aromatic rings. The minimum absolute atomic E-state index is 0.0308. The summed E-state index contributed by atoms with van der Waals surface area (Å²) in [6.07, 6.45) is 2.46. The maximum absolute atomic E-state index is 15.3. The maximum atomic E-state index is 15.3. The second-order valence-electron chi connectivity index (χ2n) is 12.8. The van der Waals surface area contributed by atoms with E-state index < -0.39 is 46.8 Å². The normalized spacial score (nSPS) is 27.9. The molecule has 0 spiro atoms. The Labute approximate surface area is 303 Å². The van der Waals surface area contributed by atoms with Crippen LogP contribution in [0.25, 0.3) is 0 Å². The topological polar surface area (TPSA) is 95.0 Å². The molecular weight excluding hydrogens is 807 g/mol. The van der Waals surface area contributed by atoms with E-state index in [4.69, 9.17) is 11.6 Å². The number of phenols is 1. The predicted octanol–water partition coefficient (Wildman–Crippen LogP) is 7.78. The second-order valence-corrected chi connectivity index (χ2v) is 15.4. The van der Waals surface area contributed by atoms with Crippen LogP contribution in [0.1, 0.15) is 29.9 Å². The molecule has 2 aliphatic heterocycles. The summed E-state index contributed by atoms with van der Waals surface area (Å²) in [5, 5.41) is 11.9. The van der Waals surface area contributed by atoms with Crippen LogP contribution in [0.3, 0.4) is 0 Å². The lowest BCUT2D eigenvalue weighted by atomic mass is 9.49. The molecule has 2 heterocycles. The van der Waals surface area contributed by atoms with Gasteiger partial charge in [0.2, 0.25) is 23.6 Å². The molecule has 48 heavy (non-hydrogen) atoms. The standard InChI is InChI=1S/C38H27BrClIN2O5/c39-21-9-16-31(44)29(17-21)33-26-14-15-27-32(36(47)42(34(27)45)24-12-10-23(41)11-13-24)28(26)19-30-35(46)43(25-8-4-7-22(40)18-25)37(48)38(30,33)20-5-2-1-3-6-20/h1-14,16-18,27-28,30,32-33,44H,15,19H2. The highest BCUT2D eigenvalue weighted by molar-refractivity contribution is 14.1. The van der Waals surface area contributed by atoms with Crippen LogP contribution >= 0.6 is 50.1 Å². The average Bonchev–Trinajstić information content (AvgIpc) is 3.47. The number of rotatable bonds is 4. The number of carbonyl (C=O) groups is 4. The van der Waals surface area contributed by atoms with Crippen LogP contribution < -0.4 is 9.80 Å². The molecule has 2 saturated heterocycles. The first-order valence-electron chi connectivity index (χ1n) is 15.6. The van der Waals surface area contributed by atoms with Crippen molar-refractivity contribution in [2.45, 2.75) is 24.2 Å². The van der Waals surface area contributed by atoms with Gasteiger partial charge in [-0.1, -0.05) is 75.6 Å². The number of fused-ring (bicyclic) bond motifs is 4. The highest BCUT2D eigenvalue weighted by Crippen LogP contribution is 2.65. The Balaban J connectivity index is 1.36. The van der Waals surface area contributed by atoms with E-state index in [0.29, 0.717) is 38.4 Å². The van der Waals surface area contributed by atoms with Crippen LogP contribution in [-0.4, -0.2) is 28.7 Å². The van der Waals surface area contributed by atoms with Gasteiger partial charge in [-0.05, 0) is 108 Å². The van der Waals surface area contributed by atoms with E-state index in [9.17, 15) is 19.5 Å². The number of benzene rings is 4. The fourth-order valence-electron chi connectivity index (χ4n) is 8.69. The zero-order chi connectivity index (χ0) is 33.5. The molecule has 0 radical (unpaired) electrons. The van der Waals surface area contributed by atoms with Crippen molar-refractivity contribution in [1.82, 2.24) is 0 Å². The lowest BCUT2D eigenvalue weighted by Gasteiger charge is -2.50. The first-order chi connectivity index (χ1) is 23.1. The maximum Gasteiger partial charge on any atom is 0.246 e. The molecule has 7 nitrogen and oxygen atoms in total. The Morgan fingerprint density at radius 2 is 1.54 bits per heavy atom. The number of phenolic OH excluding ortho intramolecular Hbond substituents is 1. The second kappa shape index (κ2) is 11.7. The highest BCUT2D eigenvalue weighted by atomic mass is 127. The summed E-state index contributed by atoms with van der Waals surface area (Å²) in [5.74, 6) is -5.04. The average molecular weight is 834 g/mol. The van der Waals surface area contributed by atoms with E-state index in [2.05, 4.69) is 38.5 Å². The van der Waals surface area contributed by atoms with Gasteiger partial charge < -0.3 is 5.11 Å². The smallest absolute Gasteiger partial charge is 0.246 e. The van der Waals surface area contributed by atoms with Crippen LogP contribution in [0.4, 0.5) is 11.4 Å². The summed E-state index contributed by atoms with van der Waals surface area (Å²) in [4.78, 5) is 60.9. The highest BCUT2D eigenvalue weighted by Gasteiger charge is 2.70. The fourth-order valence-corrected chi connectivity index (χ4v) is 9.61. The van der Waals surface area contributed by atoms with Crippen molar-refractivity contribution in [3.63, 3.8) is 0 Å². The van der Waals surface area contributed by atoms with Crippen molar-refractivity contribution in [1.29, 1.82) is 0 Å². The Hall–Kier alpha value is -3.80. The molecule has 10 heteroatoms. The van der Waals surface area contributed by atoms with Gasteiger partial charge in [0.05, 0.1) is 34.5 Å². The molecule has 6 atom stereocenters. The summed E-state index contributed by atoms with van der Waals surface area (Å²) < 4.78 is 1.67. The van der Waals surface area contributed by atoms with Crippen LogP contribution in [0.15, 0.2) is 113 Å². The molecule has 8 rings (SSSR count). The van der Waals surface area contributed by atoms with Gasteiger partial charge in [0.25, 0.3) is 0 Å². The van der Waals surface area contributed by atoms with Crippen molar-refractivity contribution in [2.75, 3.05) is 9.80 Å². The van der Waals surface area contributed by atoms with E-state index in [1.807, 2.05) is 48.5 Å². The predicted molar refractivity (Wildman–Crippen MR) is 194 cm³/mol. The minimum Gasteiger partial charge on any atom is -0.508 e. The largest absolute Gasteiger partial charge is 0.508 e. The van der Waals surface area contributed by atoms with E-state index in [1.165, 1.54) is 9.80 Å². The number of hydrogen-bond acceptors (Lipinski definition) is 5. The number of halogens is 3. The van der Waals surface area contributed by atoms with Gasteiger partial charge in [0, 0.05) is 24.5 Å². The van der Waals surface area contributed by atoms with Gasteiger partial charge in [-0.25, -0.2) is 4.90 Å². The minimum atomic E-state index is -1.46. The number of amides is 4. The number of nitrogens with zero attached hydrogens (tertiary/aromatic N) is 2. The summed E-state index contributed by atoms with van der Waals surface area (Å²) in [7, 11) is 0. The van der Waals surface area contributed by atoms with Crippen molar-refractivity contribution < 1.29 is 24.3 Å². The van der Waals surface area contributed by atoms with E-state index in [1.54, 1.807) is 54.6 Å². The lowest BCUT2D eigenvalue weighted by molar-refractivity contribution is -0.127. The van der Waals surface area contributed by atoms with Gasteiger partial charge in [-0.2, -0.15) is 0 Å². The third-order valence-electron chi connectivity index (χ3n) is 10.6. The SMILES string of the molecule is O=C1C2CC=C3C(CC4C(=O)N(c5cccc(Cl)c5)C(=O)C4(c4ccccc4)C3c3cc(Br)ccc3O)C2C(=O)N1c1ccc(I)cc1. The van der Waals surface area contributed by atoms with E-state index in [-0.39, 0.29) is 24.0 Å². The molecule has 6 unspecified atom stereocenters. The van der Waals surface area contributed by atoms with E-state index in [0.717, 1.165) is 9.14 Å². The van der Waals surface area contributed by atoms with Gasteiger partial charge in [-0.3, -0.25) is 24.1 Å². The van der Waals surface area contributed by atoms with Crippen LogP contribution in [0, 0.1) is 27.2 Å². The van der Waals surface area contributed by atoms with Crippen molar-refractivity contribution in [3.05, 3.63) is 133 Å². The first-order valence-corrected chi connectivity index (χ1v) is 17.9. The number of allylic oxidation sites excluding steroid dienone is 2. The van der Waals surface area contributed by atoms with E-state index >= 15 is 4.79 Å². The quantitative estimate of drug-likeness (QED) is 0.129. The Morgan fingerprint density at radius 3 is 2.27 bits per heavy atom. The number of aromatic hydroxyl groups is 1. The van der Waals surface area contributed by atoms with Crippen LogP contribution in [-0.2, 0) is 24.6 Å². The summed E-state index contributed by atoms with van der Waals surface area (Å²) in [6.45, 7) is 0. The van der Waals surface area contributed by atoms with Crippen LogP contribution in [0.2, 0.25) is 5.02 Å².